The molecule has 1 aromatic rings. The van der Waals surface area contributed by atoms with E-state index in [0.29, 0.717) is 6.54 Å². The molecule has 146 valence electrons. The lowest BCUT2D eigenvalue weighted by Gasteiger charge is -2.36. The lowest BCUT2D eigenvalue weighted by molar-refractivity contribution is 0.0114. The summed E-state index contributed by atoms with van der Waals surface area (Å²) in [6.45, 7) is 13.1. The van der Waals surface area contributed by atoms with Crippen molar-refractivity contribution >= 4 is 17.7 Å². The van der Waals surface area contributed by atoms with E-state index in [0.717, 1.165) is 50.5 Å². The molecule has 1 aromatic heterocycles. The van der Waals surface area contributed by atoms with Gasteiger partial charge in [0.2, 0.25) is 0 Å². The van der Waals surface area contributed by atoms with E-state index < -0.39 is 5.60 Å². The number of nitrogens with zero attached hydrogens (tertiary/aromatic N) is 4. The Morgan fingerprint density at radius 2 is 2.04 bits per heavy atom. The van der Waals surface area contributed by atoms with Crippen molar-refractivity contribution in [2.75, 3.05) is 36.4 Å². The molecular formula is C19H33N5O2. The maximum absolute atomic E-state index is 12.5. The van der Waals surface area contributed by atoms with Crippen LogP contribution in [0.2, 0.25) is 0 Å². The summed E-state index contributed by atoms with van der Waals surface area (Å²) in [5.41, 5.74) is -0.474. The third-order valence-electron chi connectivity index (χ3n) is 4.51. The molecule has 0 unspecified atom stereocenters. The summed E-state index contributed by atoms with van der Waals surface area (Å²) in [5, 5.41) is 3.38. The van der Waals surface area contributed by atoms with E-state index in [1.54, 1.807) is 6.33 Å². The summed E-state index contributed by atoms with van der Waals surface area (Å²) in [6, 6.07) is 2.08. The standard InChI is InChI=1S/C19H33N5O2/c1-6-23(7-2)17-12-16(21-14-22-17)20-13-15-10-8-9-11-24(15)18(25)26-19(3,4)5/h12,14-15H,6-11,13H2,1-5H3,(H,20,21,22)/t15-/m0/s1. The van der Waals surface area contributed by atoms with Gasteiger partial charge in [0.05, 0.1) is 6.04 Å². The number of aromatic nitrogens is 2. The monoisotopic (exact) mass is 363 g/mol. The first-order valence-electron chi connectivity index (χ1n) is 9.64. The summed E-state index contributed by atoms with van der Waals surface area (Å²) in [6.07, 6.45) is 4.48. The highest BCUT2D eigenvalue weighted by Crippen LogP contribution is 2.21. The fourth-order valence-electron chi connectivity index (χ4n) is 3.16. The van der Waals surface area contributed by atoms with E-state index in [2.05, 4.69) is 34.0 Å². The van der Waals surface area contributed by atoms with Crippen LogP contribution in [0.15, 0.2) is 12.4 Å². The van der Waals surface area contributed by atoms with Crippen LogP contribution in [0.1, 0.15) is 53.9 Å². The third-order valence-corrected chi connectivity index (χ3v) is 4.51. The van der Waals surface area contributed by atoms with Crippen molar-refractivity contribution in [1.29, 1.82) is 0 Å². The van der Waals surface area contributed by atoms with Gasteiger partial charge in [0.25, 0.3) is 0 Å². The second kappa shape index (κ2) is 9.05. The van der Waals surface area contributed by atoms with Crippen LogP contribution in [0.5, 0.6) is 0 Å². The number of carbonyl (C=O) groups is 1. The second-order valence-electron chi connectivity index (χ2n) is 7.64. The van der Waals surface area contributed by atoms with Gasteiger partial charge in [0, 0.05) is 32.2 Å². The highest BCUT2D eigenvalue weighted by Gasteiger charge is 2.30. The van der Waals surface area contributed by atoms with Gasteiger partial charge in [-0.2, -0.15) is 0 Å². The zero-order valence-corrected chi connectivity index (χ0v) is 16.8. The van der Waals surface area contributed by atoms with Crippen molar-refractivity contribution in [3.8, 4) is 0 Å². The second-order valence-corrected chi connectivity index (χ2v) is 7.64. The van der Waals surface area contributed by atoms with E-state index in [1.165, 1.54) is 0 Å². The topological polar surface area (TPSA) is 70.6 Å². The molecule has 7 heteroatoms. The number of ether oxygens (including phenoxy) is 1. The molecule has 2 heterocycles. The Kier molecular flexibility index (Phi) is 7.06. The predicted octanol–water partition coefficient (Wildman–Crippen LogP) is 3.52. The number of amides is 1. The molecule has 7 nitrogen and oxygen atoms in total. The Labute approximate surface area is 157 Å². The first kappa shape index (κ1) is 20.3. The van der Waals surface area contributed by atoms with Crippen LogP contribution < -0.4 is 10.2 Å². The number of rotatable bonds is 6. The van der Waals surface area contributed by atoms with E-state index in [-0.39, 0.29) is 12.1 Å². The number of piperidine rings is 1. The van der Waals surface area contributed by atoms with Crippen molar-refractivity contribution < 1.29 is 9.53 Å². The van der Waals surface area contributed by atoms with Crippen LogP contribution in [0, 0.1) is 0 Å². The molecule has 0 radical (unpaired) electrons. The van der Waals surface area contributed by atoms with Crippen LogP contribution in [-0.2, 0) is 4.74 Å². The van der Waals surface area contributed by atoms with Gasteiger partial charge in [0.1, 0.15) is 23.6 Å². The summed E-state index contributed by atoms with van der Waals surface area (Å²) in [5.74, 6) is 1.71. The highest BCUT2D eigenvalue weighted by molar-refractivity contribution is 5.68. The van der Waals surface area contributed by atoms with Crippen molar-refractivity contribution in [2.24, 2.45) is 0 Å². The van der Waals surface area contributed by atoms with Crippen LogP contribution in [0.3, 0.4) is 0 Å². The summed E-state index contributed by atoms with van der Waals surface area (Å²) in [4.78, 5) is 25.2. The van der Waals surface area contributed by atoms with Gasteiger partial charge in [0.15, 0.2) is 0 Å². The molecule has 0 aliphatic carbocycles. The van der Waals surface area contributed by atoms with Crippen LogP contribution in [0.4, 0.5) is 16.4 Å². The van der Waals surface area contributed by atoms with Crippen molar-refractivity contribution in [2.45, 2.75) is 65.5 Å². The Morgan fingerprint density at radius 3 is 2.69 bits per heavy atom. The SMILES string of the molecule is CCN(CC)c1cc(NC[C@@H]2CCCCN2C(=O)OC(C)(C)C)ncn1. The van der Waals surface area contributed by atoms with Crippen LogP contribution in [0.25, 0.3) is 0 Å². The normalized spacial score (nSPS) is 17.7. The minimum Gasteiger partial charge on any atom is -0.444 e. The predicted molar refractivity (Wildman–Crippen MR) is 105 cm³/mol. The average Bonchev–Trinajstić information content (AvgIpc) is 2.60. The molecule has 0 bridgehead atoms. The molecule has 1 N–H and O–H groups in total. The van der Waals surface area contributed by atoms with E-state index in [9.17, 15) is 4.79 Å². The molecule has 0 saturated carbocycles. The summed E-state index contributed by atoms with van der Waals surface area (Å²) in [7, 11) is 0. The first-order valence-corrected chi connectivity index (χ1v) is 9.64. The minimum absolute atomic E-state index is 0.116. The van der Waals surface area contributed by atoms with Gasteiger partial charge in [-0.25, -0.2) is 14.8 Å². The van der Waals surface area contributed by atoms with Crippen molar-refractivity contribution in [1.82, 2.24) is 14.9 Å². The molecule has 26 heavy (non-hydrogen) atoms. The van der Waals surface area contributed by atoms with E-state index in [1.807, 2.05) is 31.7 Å². The molecular weight excluding hydrogens is 330 g/mol. The van der Waals surface area contributed by atoms with E-state index >= 15 is 0 Å². The Bertz CT molecular complexity index is 584. The molecule has 2 rings (SSSR count). The lowest BCUT2D eigenvalue weighted by Crippen LogP contribution is -2.48. The zero-order chi connectivity index (χ0) is 19.2. The van der Waals surface area contributed by atoms with Crippen molar-refractivity contribution in [3.05, 3.63) is 12.4 Å². The Balaban J connectivity index is 2.00. The molecule has 0 aromatic carbocycles. The number of anilines is 2. The molecule has 1 saturated heterocycles. The Hall–Kier alpha value is -2.05. The summed E-state index contributed by atoms with van der Waals surface area (Å²) >= 11 is 0. The van der Waals surface area contributed by atoms with Gasteiger partial charge in [-0.3, -0.25) is 0 Å². The van der Waals surface area contributed by atoms with E-state index in [4.69, 9.17) is 4.74 Å². The number of carbonyl (C=O) groups excluding carboxylic acids is 1. The van der Waals surface area contributed by atoms with Crippen molar-refractivity contribution in [3.63, 3.8) is 0 Å². The lowest BCUT2D eigenvalue weighted by atomic mass is 10.0. The van der Waals surface area contributed by atoms with Gasteiger partial charge in [-0.05, 0) is 53.9 Å². The van der Waals surface area contributed by atoms with Gasteiger partial charge in [-0.15, -0.1) is 0 Å². The van der Waals surface area contributed by atoms with Gasteiger partial charge >= 0.3 is 6.09 Å². The maximum Gasteiger partial charge on any atom is 0.410 e. The zero-order valence-electron chi connectivity index (χ0n) is 16.8. The number of hydrogen-bond donors (Lipinski definition) is 1. The number of likely N-dealkylation sites (tertiary alicyclic amines) is 1. The van der Waals surface area contributed by atoms with Crippen LogP contribution >= 0.6 is 0 Å². The fraction of sp³-hybridized carbons (Fsp3) is 0.737. The quantitative estimate of drug-likeness (QED) is 0.834. The molecule has 0 spiro atoms. The maximum atomic E-state index is 12.5. The average molecular weight is 364 g/mol. The Morgan fingerprint density at radius 1 is 1.31 bits per heavy atom. The molecule has 1 aliphatic heterocycles. The minimum atomic E-state index is -0.474. The number of hydrogen-bond acceptors (Lipinski definition) is 6. The largest absolute Gasteiger partial charge is 0.444 e. The number of nitrogens with one attached hydrogen (secondary N) is 1. The smallest absolute Gasteiger partial charge is 0.410 e. The molecule has 1 atom stereocenters. The fourth-order valence-corrected chi connectivity index (χ4v) is 3.16. The van der Waals surface area contributed by atoms with Gasteiger partial charge < -0.3 is 19.9 Å². The highest BCUT2D eigenvalue weighted by atomic mass is 16.6. The third kappa shape index (κ3) is 5.75. The van der Waals surface area contributed by atoms with Crippen LogP contribution in [-0.4, -0.2) is 58.8 Å². The molecule has 1 aliphatic rings. The first-order chi connectivity index (χ1) is 12.3. The summed E-state index contributed by atoms with van der Waals surface area (Å²) < 4.78 is 5.57. The molecule has 1 fully saturated rings. The molecule has 1 amide bonds. The van der Waals surface area contributed by atoms with Gasteiger partial charge in [-0.1, -0.05) is 0 Å².